The van der Waals surface area contributed by atoms with Gasteiger partial charge in [0.05, 0.1) is 18.4 Å². The van der Waals surface area contributed by atoms with Gasteiger partial charge in [-0.1, -0.05) is 19.3 Å². The maximum atomic E-state index is 9.22. The van der Waals surface area contributed by atoms with E-state index in [4.69, 9.17) is 5.26 Å². The fourth-order valence-electron chi connectivity index (χ4n) is 2.59. The third kappa shape index (κ3) is 2.77. The molecule has 1 heterocycles. The number of anilines is 1. The minimum absolute atomic E-state index is 0.0674. The zero-order chi connectivity index (χ0) is 12.8. The first kappa shape index (κ1) is 12.8. The molecule has 1 N–H and O–H groups in total. The topological polar surface area (TPSA) is 73.0 Å². The summed E-state index contributed by atoms with van der Waals surface area (Å²) >= 11 is 0. The van der Waals surface area contributed by atoms with E-state index in [1.54, 1.807) is 6.07 Å². The summed E-state index contributed by atoms with van der Waals surface area (Å²) in [7, 11) is 0. The van der Waals surface area contributed by atoms with Gasteiger partial charge in [0.15, 0.2) is 5.82 Å². The molecule has 2 rings (SSSR count). The number of aliphatic hydroxyl groups is 1. The number of aromatic nitrogens is 2. The second-order valence-electron chi connectivity index (χ2n) is 4.59. The van der Waals surface area contributed by atoms with E-state index in [0.717, 1.165) is 12.8 Å². The van der Waals surface area contributed by atoms with Crippen LogP contribution in [0.4, 0.5) is 5.82 Å². The van der Waals surface area contributed by atoms with Crippen LogP contribution in [0.5, 0.6) is 0 Å². The molecule has 0 atom stereocenters. The zero-order valence-corrected chi connectivity index (χ0v) is 10.4. The first-order chi connectivity index (χ1) is 8.86. The van der Waals surface area contributed by atoms with Crippen LogP contribution in [0.3, 0.4) is 0 Å². The van der Waals surface area contributed by atoms with E-state index >= 15 is 0 Å². The van der Waals surface area contributed by atoms with Crippen molar-refractivity contribution in [1.82, 2.24) is 10.2 Å². The second kappa shape index (κ2) is 6.31. The fraction of sp³-hybridized carbons (Fsp3) is 0.615. The first-order valence-corrected chi connectivity index (χ1v) is 6.46. The van der Waals surface area contributed by atoms with Crippen LogP contribution in [0.25, 0.3) is 0 Å². The summed E-state index contributed by atoms with van der Waals surface area (Å²) in [6, 6.07) is 4.19. The van der Waals surface area contributed by atoms with Crippen LogP contribution >= 0.6 is 0 Å². The standard InChI is InChI=1S/C13H18N4O/c14-10-11-6-7-15-16-13(11)17(8-9-18)12-4-2-1-3-5-12/h6-7,12,18H,1-5,8-9H2. The van der Waals surface area contributed by atoms with Crippen molar-refractivity contribution >= 4 is 5.82 Å². The van der Waals surface area contributed by atoms with Crippen molar-refractivity contribution in [3.05, 3.63) is 17.8 Å². The fourth-order valence-corrected chi connectivity index (χ4v) is 2.59. The van der Waals surface area contributed by atoms with Gasteiger partial charge in [-0.05, 0) is 18.9 Å². The maximum absolute atomic E-state index is 9.22. The lowest BCUT2D eigenvalue weighted by molar-refractivity contribution is 0.289. The normalized spacial score (nSPS) is 16.2. The van der Waals surface area contributed by atoms with Crippen molar-refractivity contribution in [1.29, 1.82) is 5.26 Å². The van der Waals surface area contributed by atoms with Crippen molar-refractivity contribution in [2.24, 2.45) is 0 Å². The summed E-state index contributed by atoms with van der Waals surface area (Å²) in [6.07, 6.45) is 7.40. The highest BCUT2D eigenvalue weighted by atomic mass is 16.3. The third-order valence-corrected chi connectivity index (χ3v) is 3.45. The lowest BCUT2D eigenvalue weighted by Gasteiger charge is -2.34. The molecule has 1 aliphatic carbocycles. The maximum Gasteiger partial charge on any atom is 0.169 e. The van der Waals surface area contributed by atoms with Crippen LogP contribution in [-0.4, -0.2) is 34.5 Å². The Morgan fingerprint density at radius 1 is 1.39 bits per heavy atom. The largest absolute Gasteiger partial charge is 0.395 e. The lowest BCUT2D eigenvalue weighted by Crippen LogP contribution is -2.40. The Bertz CT molecular complexity index is 423. The van der Waals surface area contributed by atoms with Gasteiger partial charge in [-0.2, -0.15) is 10.4 Å². The highest BCUT2D eigenvalue weighted by Gasteiger charge is 2.24. The summed E-state index contributed by atoms with van der Waals surface area (Å²) in [6.45, 7) is 0.579. The molecule has 1 aromatic heterocycles. The van der Waals surface area contributed by atoms with Gasteiger partial charge in [0.2, 0.25) is 0 Å². The Kier molecular flexibility index (Phi) is 4.48. The van der Waals surface area contributed by atoms with Crippen LogP contribution in [-0.2, 0) is 0 Å². The summed E-state index contributed by atoms with van der Waals surface area (Å²) in [5.74, 6) is 0.612. The van der Waals surface area contributed by atoms with E-state index in [2.05, 4.69) is 16.3 Å². The van der Waals surface area contributed by atoms with E-state index in [1.165, 1.54) is 25.5 Å². The number of nitrogens with zero attached hydrogens (tertiary/aromatic N) is 4. The highest BCUT2D eigenvalue weighted by molar-refractivity contribution is 5.53. The summed E-state index contributed by atoms with van der Waals surface area (Å²) in [5, 5.41) is 26.3. The summed E-state index contributed by atoms with van der Waals surface area (Å²) < 4.78 is 0. The smallest absolute Gasteiger partial charge is 0.169 e. The van der Waals surface area contributed by atoms with Gasteiger partial charge in [-0.15, -0.1) is 5.10 Å². The summed E-state index contributed by atoms with van der Waals surface area (Å²) in [4.78, 5) is 2.05. The SMILES string of the molecule is N#Cc1ccnnc1N(CCO)C1CCCCC1. The van der Waals surface area contributed by atoms with Crippen LogP contribution < -0.4 is 4.90 Å². The molecule has 0 spiro atoms. The predicted octanol–water partition coefficient (Wildman–Crippen LogP) is 1.48. The highest BCUT2D eigenvalue weighted by Crippen LogP contribution is 2.27. The second-order valence-corrected chi connectivity index (χ2v) is 4.59. The summed E-state index contributed by atoms with van der Waals surface area (Å²) in [5.41, 5.74) is 0.532. The molecule has 1 saturated carbocycles. The molecule has 0 bridgehead atoms. The van der Waals surface area contributed by atoms with Crippen LogP contribution in [0.1, 0.15) is 37.7 Å². The molecule has 1 aliphatic rings. The van der Waals surface area contributed by atoms with E-state index in [-0.39, 0.29) is 6.61 Å². The van der Waals surface area contributed by atoms with Crippen molar-refractivity contribution in [3.8, 4) is 6.07 Å². The lowest BCUT2D eigenvalue weighted by atomic mass is 9.94. The molecule has 18 heavy (non-hydrogen) atoms. The van der Waals surface area contributed by atoms with Gasteiger partial charge in [0.1, 0.15) is 6.07 Å². The van der Waals surface area contributed by atoms with Gasteiger partial charge in [-0.25, -0.2) is 0 Å². The molecular formula is C13H18N4O. The average molecular weight is 246 g/mol. The number of nitriles is 1. The molecular weight excluding hydrogens is 228 g/mol. The number of hydrogen-bond acceptors (Lipinski definition) is 5. The van der Waals surface area contributed by atoms with Gasteiger partial charge >= 0.3 is 0 Å². The Hall–Kier alpha value is -1.67. The molecule has 1 fully saturated rings. The van der Waals surface area contributed by atoms with Crippen molar-refractivity contribution in [3.63, 3.8) is 0 Å². The monoisotopic (exact) mass is 246 g/mol. The van der Waals surface area contributed by atoms with Gasteiger partial charge in [0.25, 0.3) is 0 Å². The molecule has 96 valence electrons. The molecule has 5 nitrogen and oxygen atoms in total. The van der Waals surface area contributed by atoms with Crippen molar-refractivity contribution in [2.45, 2.75) is 38.1 Å². The molecule has 0 aromatic carbocycles. The minimum atomic E-state index is 0.0674. The molecule has 0 aliphatic heterocycles. The van der Waals surface area contributed by atoms with E-state index in [9.17, 15) is 5.11 Å². The van der Waals surface area contributed by atoms with Crippen LogP contribution in [0, 0.1) is 11.3 Å². The third-order valence-electron chi connectivity index (χ3n) is 3.45. The number of aliphatic hydroxyl groups excluding tert-OH is 1. The van der Waals surface area contributed by atoms with Gasteiger partial charge in [-0.3, -0.25) is 0 Å². The number of hydrogen-bond donors (Lipinski definition) is 1. The zero-order valence-electron chi connectivity index (χ0n) is 10.4. The predicted molar refractivity (Wildman–Crippen MR) is 68.1 cm³/mol. The molecule has 1 aromatic rings. The first-order valence-electron chi connectivity index (χ1n) is 6.46. The minimum Gasteiger partial charge on any atom is -0.395 e. The molecule has 0 unspecified atom stereocenters. The molecule has 0 saturated heterocycles. The van der Waals surface area contributed by atoms with Crippen LogP contribution in [0.2, 0.25) is 0 Å². The Morgan fingerprint density at radius 3 is 2.83 bits per heavy atom. The Balaban J connectivity index is 2.25. The quantitative estimate of drug-likeness (QED) is 0.871. The molecule has 0 amide bonds. The number of rotatable bonds is 4. The van der Waals surface area contributed by atoms with Crippen molar-refractivity contribution in [2.75, 3.05) is 18.1 Å². The molecule has 5 heteroatoms. The van der Waals surface area contributed by atoms with E-state index < -0.39 is 0 Å². The molecule has 0 radical (unpaired) electrons. The van der Waals surface area contributed by atoms with Gasteiger partial charge in [0, 0.05) is 12.6 Å². The van der Waals surface area contributed by atoms with E-state index in [0.29, 0.717) is 24.0 Å². The van der Waals surface area contributed by atoms with E-state index in [1.807, 2.05) is 4.90 Å². The Morgan fingerprint density at radius 2 is 2.17 bits per heavy atom. The van der Waals surface area contributed by atoms with Gasteiger partial charge < -0.3 is 10.0 Å². The van der Waals surface area contributed by atoms with Crippen molar-refractivity contribution < 1.29 is 5.11 Å². The average Bonchev–Trinajstić information content (AvgIpc) is 2.46. The van der Waals surface area contributed by atoms with Crippen LogP contribution in [0.15, 0.2) is 12.3 Å². The Labute approximate surface area is 107 Å².